The summed E-state index contributed by atoms with van der Waals surface area (Å²) in [5.74, 6) is 1.47. The van der Waals surface area contributed by atoms with Gasteiger partial charge >= 0.3 is 5.97 Å². The summed E-state index contributed by atoms with van der Waals surface area (Å²) in [4.78, 5) is 21.7. The maximum atomic E-state index is 11.3. The standard InChI is InChI=1S/C16H24O3/c17-11-15-13-9-7-12(8-10-13)14(15)5-3-1-2-4-6-16(18)19/h1,3,11-15H,2,4-10H2,(H,18,19). The van der Waals surface area contributed by atoms with Crippen molar-refractivity contribution in [3.05, 3.63) is 12.2 Å². The van der Waals surface area contributed by atoms with Gasteiger partial charge in [0.05, 0.1) is 0 Å². The van der Waals surface area contributed by atoms with E-state index in [1.807, 2.05) is 0 Å². The normalized spacial score (nSPS) is 33.7. The van der Waals surface area contributed by atoms with Crippen molar-refractivity contribution in [2.75, 3.05) is 0 Å². The van der Waals surface area contributed by atoms with Crippen LogP contribution in [0.5, 0.6) is 0 Å². The van der Waals surface area contributed by atoms with Crippen molar-refractivity contribution in [3.8, 4) is 0 Å². The monoisotopic (exact) mass is 264 g/mol. The van der Waals surface area contributed by atoms with Crippen LogP contribution < -0.4 is 0 Å². The maximum absolute atomic E-state index is 11.3. The van der Waals surface area contributed by atoms with Crippen molar-refractivity contribution in [1.82, 2.24) is 0 Å². The van der Waals surface area contributed by atoms with E-state index in [0.29, 0.717) is 18.3 Å². The van der Waals surface area contributed by atoms with Crippen LogP contribution in [0.1, 0.15) is 51.4 Å². The topological polar surface area (TPSA) is 54.4 Å². The molecular weight excluding hydrogens is 240 g/mol. The average molecular weight is 264 g/mol. The van der Waals surface area contributed by atoms with E-state index in [-0.39, 0.29) is 12.3 Å². The van der Waals surface area contributed by atoms with Gasteiger partial charge in [-0.15, -0.1) is 0 Å². The SMILES string of the molecule is O=CC1C2CCC(CC2)C1CC=CCCCC(=O)O. The second-order valence-electron chi connectivity index (χ2n) is 6.05. The Morgan fingerprint density at radius 1 is 1.11 bits per heavy atom. The maximum Gasteiger partial charge on any atom is 0.303 e. The third-order valence-corrected chi connectivity index (χ3v) is 4.95. The Morgan fingerprint density at radius 2 is 1.79 bits per heavy atom. The predicted molar refractivity (Wildman–Crippen MR) is 73.7 cm³/mol. The second kappa shape index (κ2) is 6.88. The van der Waals surface area contributed by atoms with Crippen LogP contribution in [0.4, 0.5) is 0 Å². The van der Waals surface area contributed by atoms with Crippen LogP contribution in [0, 0.1) is 23.7 Å². The molecule has 3 saturated carbocycles. The molecule has 0 heterocycles. The molecule has 2 bridgehead atoms. The lowest BCUT2D eigenvalue weighted by Gasteiger charge is -2.46. The van der Waals surface area contributed by atoms with Crippen molar-refractivity contribution in [3.63, 3.8) is 0 Å². The third-order valence-electron chi connectivity index (χ3n) is 4.95. The van der Waals surface area contributed by atoms with Crippen LogP contribution in [0.25, 0.3) is 0 Å². The Kier molecular flexibility index (Phi) is 5.17. The van der Waals surface area contributed by atoms with Gasteiger partial charge in [0.1, 0.15) is 6.29 Å². The van der Waals surface area contributed by atoms with Crippen LogP contribution in [0.2, 0.25) is 0 Å². The van der Waals surface area contributed by atoms with Crippen molar-refractivity contribution < 1.29 is 14.7 Å². The van der Waals surface area contributed by atoms with Gasteiger partial charge in [-0.3, -0.25) is 4.79 Å². The highest BCUT2D eigenvalue weighted by Gasteiger charge is 2.42. The molecule has 19 heavy (non-hydrogen) atoms. The van der Waals surface area contributed by atoms with E-state index in [2.05, 4.69) is 12.2 Å². The largest absolute Gasteiger partial charge is 0.481 e. The third kappa shape index (κ3) is 3.68. The number of fused-ring (bicyclic) bond motifs is 3. The molecule has 2 unspecified atom stereocenters. The van der Waals surface area contributed by atoms with Crippen LogP contribution in [-0.4, -0.2) is 17.4 Å². The van der Waals surface area contributed by atoms with Crippen LogP contribution >= 0.6 is 0 Å². The number of aldehydes is 1. The van der Waals surface area contributed by atoms with Gasteiger partial charge in [0, 0.05) is 12.3 Å². The average Bonchev–Trinajstić information content (AvgIpc) is 2.43. The van der Waals surface area contributed by atoms with E-state index >= 15 is 0 Å². The quantitative estimate of drug-likeness (QED) is 0.435. The van der Waals surface area contributed by atoms with Gasteiger partial charge in [0.15, 0.2) is 0 Å². The first-order valence-electron chi connectivity index (χ1n) is 7.54. The molecule has 0 radical (unpaired) electrons. The number of hydrogen-bond donors (Lipinski definition) is 1. The van der Waals surface area contributed by atoms with Crippen LogP contribution in [0.3, 0.4) is 0 Å². The molecular formula is C16H24O3. The summed E-state index contributed by atoms with van der Waals surface area (Å²) in [5, 5.41) is 8.55. The number of aliphatic carboxylic acids is 1. The zero-order chi connectivity index (χ0) is 13.7. The van der Waals surface area contributed by atoms with Crippen LogP contribution in [-0.2, 0) is 9.59 Å². The first kappa shape index (κ1) is 14.3. The van der Waals surface area contributed by atoms with Crippen molar-refractivity contribution in [2.45, 2.75) is 51.4 Å². The Bertz CT molecular complexity index is 340. The predicted octanol–water partition coefficient (Wildman–Crippen LogP) is 3.44. The molecule has 0 aromatic rings. The number of carbonyl (C=O) groups is 2. The van der Waals surface area contributed by atoms with Gasteiger partial charge in [-0.1, -0.05) is 12.2 Å². The Hall–Kier alpha value is -1.12. The molecule has 0 spiro atoms. The second-order valence-corrected chi connectivity index (χ2v) is 6.05. The lowest BCUT2D eigenvalue weighted by Crippen LogP contribution is -2.40. The molecule has 0 saturated heterocycles. The summed E-state index contributed by atoms with van der Waals surface area (Å²) >= 11 is 0. The highest BCUT2D eigenvalue weighted by atomic mass is 16.4. The molecule has 0 aromatic heterocycles. The fourth-order valence-corrected chi connectivity index (χ4v) is 3.93. The molecule has 0 amide bonds. The summed E-state index contributed by atoms with van der Waals surface area (Å²) in [6.07, 6.45) is 13.3. The van der Waals surface area contributed by atoms with Crippen LogP contribution in [0.15, 0.2) is 12.2 Å². The molecule has 0 aromatic carbocycles. The van der Waals surface area contributed by atoms with Gasteiger partial charge < -0.3 is 9.90 Å². The Balaban J connectivity index is 1.76. The number of carboxylic acid groups (broad SMARTS) is 1. The summed E-state index contributed by atoms with van der Waals surface area (Å²) < 4.78 is 0. The molecule has 3 nitrogen and oxygen atoms in total. The van der Waals surface area contributed by atoms with Crippen molar-refractivity contribution >= 4 is 12.3 Å². The number of carbonyl (C=O) groups excluding carboxylic acids is 1. The Labute approximate surface area is 115 Å². The van der Waals surface area contributed by atoms with E-state index < -0.39 is 5.97 Å². The summed E-state index contributed by atoms with van der Waals surface area (Å²) in [5.41, 5.74) is 0. The highest BCUT2D eigenvalue weighted by Crippen LogP contribution is 2.49. The van der Waals surface area contributed by atoms with Gasteiger partial charge in [-0.25, -0.2) is 0 Å². The molecule has 0 aliphatic heterocycles. The fourth-order valence-electron chi connectivity index (χ4n) is 3.93. The number of allylic oxidation sites excluding steroid dienone is 2. The number of carboxylic acids is 1. The highest BCUT2D eigenvalue weighted by molar-refractivity contribution is 5.66. The Morgan fingerprint density at radius 3 is 2.42 bits per heavy atom. The summed E-state index contributed by atoms with van der Waals surface area (Å²) in [6, 6.07) is 0. The van der Waals surface area contributed by atoms with Gasteiger partial charge in [-0.2, -0.15) is 0 Å². The van der Waals surface area contributed by atoms with E-state index in [4.69, 9.17) is 5.11 Å². The number of hydrogen-bond acceptors (Lipinski definition) is 2. The zero-order valence-corrected chi connectivity index (χ0v) is 11.5. The zero-order valence-electron chi connectivity index (χ0n) is 11.5. The minimum absolute atomic E-state index is 0.245. The molecule has 3 rings (SSSR count). The molecule has 106 valence electrons. The molecule has 3 heteroatoms. The first-order chi connectivity index (χ1) is 9.22. The van der Waals surface area contributed by atoms with E-state index in [1.54, 1.807) is 0 Å². The van der Waals surface area contributed by atoms with E-state index in [9.17, 15) is 9.59 Å². The van der Waals surface area contributed by atoms with Crippen molar-refractivity contribution in [2.24, 2.45) is 23.7 Å². The van der Waals surface area contributed by atoms with Crippen molar-refractivity contribution in [1.29, 1.82) is 0 Å². The number of rotatable bonds is 7. The molecule has 3 fully saturated rings. The molecule has 1 N–H and O–H groups in total. The van der Waals surface area contributed by atoms with Gasteiger partial charge in [0.2, 0.25) is 0 Å². The lowest BCUT2D eigenvalue weighted by atomic mass is 9.58. The van der Waals surface area contributed by atoms with Gasteiger partial charge in [0.25, 0.3) is 0 Å². The molecule has 2 atom stereocenters. The first-order valence-corrected chi connectivity index (χ1v) is 7.54. The summed E-state index contributed by atoms with van der Waals surface area (Å²) in [7, 11) is 0. The minimum atomic E-state index is -0.723. The molecule has 3 aliphatic carbocycles. The van der Waals surface area contributed by atoms with E-state index in [0.717, 1.165) is 18.8 Å². The number of unbranched alkanes of at least 4 members (excludes halogenated alkanes) is 1. The molecule has 3 aliphatic rings. The fraction of sp³-hybridized carbons (Fsp3) is 0.750. The van der Waals surface area contributed by atoms with E-state index in [1.165, 1.54) is 32.0 Å². The lowest BCUT2D eigenvalue weighted by molar-refractivity contribution is -0.137. The smallest absolute Gasteiger partial charge is 0.303 e. The van der Waals surface area contributed by atoms with Gasteiger partial charge in [-0.05, 0) is 62.7 Å². The minimum Gasteiger partial charge on any atom is -0.481 e. The summed E-state index contributed by atoms with van der Waals surface area (Å²) in [6.45, 7) is 0.